The third kappa shape index (κ3) is 2.44. The van der Waals surface area contributed by atoms with E-state index in [4.69, 9.17) is 0 Å². The Morgan fingerprint density at radius 3 is 2.83 bits per heavy atom. The molecule has 1 atom stereocenters. The number of nitrogens with zero attached hydrogens (tertiary/aromatic N) is 4. The molecule has 1 saturated carbocycles. The summed E-state index contributed by atoms with van der Waals surface area (Å²) < 4.78 is 1.63. The lowest BCUT2D eigenvalue weighted by atomic mass is 10.0. The van der Waals surface area contributed by atoms with Gasteiger partial charge < -0.3 is 0 Å². The normalized spacial score (nSPS) is 21.0. The molecular formula is C18H18N4OS. The Balaban J connectivity index is 1.82. The Kier molecular flexibility index (Phi) is 3.50. The summed E-state index contributed by atoms with van der Waals surface area (Å²) in [7, 11) is 0. The van der Waals surface area contributed by atoms with Crippen LogP contribution in [-0.2, 0) is 12.0 Å². The Hall–Kier alpha value is -2.13. The Morgan fingerprint density at radius 2 is 2.21 bits per heavy atom. The van der Waals surface area contributed by atoms with Gasteiger partial charge in [-0.05, 0) is 30.9 Å². The number of hydrogen-bond acceptors (Lipinski definition) is 5. The molecule has 24 heavy (non-hydrogen) atoms. The van der Waals surface area contributed by atoms with Crippen LogP contribution in [-0.4, -0.2) is 20.3 Å². The SMILES string of the molecule is CC1CSc2nc(-c3ccc(C4(C)CC4)nc3)c(C#N)c(=O)n2C1. The summed E-state index contributed by atoms with van der Waals surface area (Å²) in [4.78, 5) is 21.9. The van der Waals surface area contributed by atoms with Gasteiger partial charge in [0.1, 0.15) is 11.6 Å². The van der Waals surface area contributed by atoms with E-state index in [1.165, 1.54) is 0 Å². The fourth-order valence-electron chi connectivity index (χ4n) is 3.03. The van der Waals surface area contributed by atoms with Crippen LogP contribution < -0.4 is 5.56 Å². The highest BCUT2D eigenvalue weighted by molar-refractivity contribution is 7.99. The minimum absolute atomic E-state index is 0.112. The van der Waals surface area contributed by atoms with Crippen LogP contribution in [0.1, 0.15) is 37.9 Å². The maximum absolute atomic E-state index is 12.7. The lowest BCUT2D eigenvalue weighted by Gasteiger charge is -2.22. The number of thioether (sulfide) groups is 1. The predicted molar refractivity (Wildman–Crippen MR) is 92.9 cm³/mol. The van der Waals surface area contributed by atoms with Crippen LogP contribution in [0, 0.1) is 17.2 Å². The van der Waals surface area contributed by atoms with Crippen molar-refractivity contribution >= 4 is 11.8 Å². The van der Waals surface area contributed by atoms with E-state index in [9.17, 15) is 10.1 Å². The van der Waals surface area contributed by atoms with Crippen molar-refractivity contribution in [1.82, 2.24) is 14.5 Å². The summed E-state index contributed by atoms with van der Waals surface area (Å²) in [5.41, 5.74) is 2.33. The van der Waals surface area contributed by atoms with Gasteiger partial charge in [-0.2, -0.15) is 5.26 Å². The van der Waals surface area contributed by atoms with E-state index in [1.54, 1.807) is 22.5 Å². The smallest absolute Gasteiger partial charge is 0.272 e. The van der Waals surface area contributed by atoms with Crippen molar-refractivity contribution in [2.24, 2.45) is 5.92 Å². The largest absolute Gasteiger partial charge is 0.286 e. The Morgan fingerprint density at radius 1 is 1.42 bits per heavy atom. The molecule has 5 nitrogen and oxygen atoms in total. The number of aromatic nitrogens is 3. The van der Waals surface area contributed by atoms with E-state index in [0.29, 0.717) is 23.3 Å². The van der Waals surface area contributed by atoms with E-state index in [0.717, 1.165) is 29.9 Å². The van der Waals surface area contributed by atoms with Gasteiger partial charge in [0.2, 0.25) is 0 Å². The van der Waals surface area contributed by atoms with Crippen LogP contribution in [0.5, 0.6) is 0 Å². The van der Waals surface area contributed by atoms with Crippen LogP contribution in [0.15, 0.2) is 28.3 Å². The first-order valence-corrected chi connectivity index (χ1v) is 9.15. The molecule has 0 N–H and O–H groups in total. The van der Waals surface area contributed by atoms with Crippen molar-refractivity contribution in [2.75, 3.05) is 5.75 Å². The fraction of sp³-hybridized carbons (Fsp3) is 0.444. The topological polar surface area (TPSA) is 71.6 Å². The molecule has 0 aromatic carbocycles. The number of rotatable bonds is 2. The zero-order chi connectivity index (χ0) is 16.9. The second-order valence-electron chi connectivity index (χ2n) is 7.05. The number of fused-ring (bicyclic) bond motifs is 1. The van der Waals surface area contributed by atoms with Gasteiger partial charge in [-0.3, -0.25) is 14.3 Å². The third-order valence-electron chi connectivity index (χ3n) is 4.89. The maximum Gasteiger partial charge on any atom is 0.272 e. The molecule has 0 saturated heterocycles. The lowest BCUT2D eigenvalue weighted by Crippen LogP contribution is -2.32. The molecule has 0 bridgehead atoms. The van der Waals surface area contributed by atoms with Crippen LogP contribution in [0.2, 0.25) is 0 Å². The molecule has 3 heterocycles. The van der Waals surface area contributed by atoms with Gasteiger partial charge in [-0.1, -0.05) is 25.6 Å². The average Bonchev–Trinajstić information content (AvgIpc) is 3.34. The van der Waals surface area contributed by atoms with Crippen LogP contribution >= 0.6 is 11.8 Å². The molecule has 0 radical (unpaired) electrons. The number of pyridine rings is 1. The van der Waals surface area contributed by atoms with Crippen molar-refractivity contribution in [1.29, 1.82) is 5.26 Å². The van der Waals surface area contributed by atoms with Crippen molar-refractivity contribution in [3.8, 4) is 17.3 Å². The fourth-order valence-corrected chi connectivity index (χ4v) is 4.04. The van der Waals surface area contributed by atoms with Gasteiger partial charge in [0, 0.05) is 35.2 Å². The molecule has 122 valence electrons. The van der Waals surface area contributed by atoms with E-state index in [1.807, 2.05) is 12.1 Å². The first-order valence-electron chi connectivity index (χ1n) is 8.16. The highest BCUT2D eigenvalue weighted by Gasteiger charge is 2.40. The number of nitriles is 1. The molecule has 4 rings (SSSR count). The second-order valence-corrected chi connectivity index (χ2v) is 8.04. The number of hydrogen-bond donors (Lipinski definition) is 0. The molecule has 1 fully saturated rings. The Labute approximate surface area is 144 Å². The molecular weight excluding hydrogens is 320 g/mol. The standard InChI is InChI=1S/C18H18N4OS/c1-11-9-22-16(23)13(7-19)15(21-17(22)24-10-11)12-3-4-14(20-8-12)18(2)5-6-18/h3-4,8,11H,5-6,9-10H2,1-2H3. The second kappa shape index (κ2) is 5.45. The first-order chi connectivity index (χ1) is 11.5. The van der Waals surface area contributed by atoms with Crippen LogP contribution in [0.4, 0.5) is 0 Å². The van der Waals surface area contributed by atoms with Gasteiger partial charge in [-0.25, -0.2) is 4.98 Å². The summed E-state index contributed by atoms with van der Waals surface area (Å²) in [6.45, 7) is 4.93. The zero-order valence-electron chi connectivity index (χ0n) is 13.7. The molecule has 0 amide bonds. The van der Waals surface area contributed by atoms with Gasteiger partial charge in [0.25, 0.3) is 5.56 Å². The van der Waals surface area contributed by atoms with Crippen LogP contribution in [0.3, 0.4) is 0 Å². The molecule has 1 aliphatic heterocycles. The lowest BCUT2D eigenvalue weighted by molar-refractivity contribution is 0.460. The molecule has 0 spiro atoms. The summed E-state index contributed by atoms with van der Waals surface area (Å²) >= 11 is 1.58. The molecule has 1 aliphatic carbocycles. The quantitative estimate of drug-likeness (QED) is 0.787. The Bertz CT molecular complexity index is 906. The summed E-state index contributed by atoms with van der Waals surface area (Å²) in [5, 5.41) is 10.2. The van der Waals surface area contributed by atoms with E-state index < -0.39 is 0 Å². The predicted octanol–water partition coefficient (Wildman–Crippen LogP) is 2.97. The molecule has 2 aliphatic rings. The minimum Gasteiger partial charge on any atom is -0.286 e. The highest BCUT2D eigenvalue weighted by atomic mass is 32.2. The maximum atomic E-state index is 12.7. The van der Waals surface area contributed by atoms with Crippen molar-refractivity contribution < 1.29 is 0 Å². The van der Waals surface area contributed by atoms with Gasteiger partial charge >= 0.3 is 0 Å². The molecule has 1 unspecified atom stereocenters. The van der Waals surface area contributed by atoms with E-state index in [-0.39, 0.29) is 16.5 Å². The third-order valence-corrected chi connectivity index (χ3v) is 6.20. The summed E-state index contributed by atoms with van der Waals surface area (Å²) in [6, 6.07) is 5.98. The highest BCUT2D eigenvalue weighted by Crippen LogP contribution is 2.46. The average molecular weight is 338 g/mol. The van der Waals surface area contributed by atoms with Crippen molar-refractivity contribution in [3.63, 3.8) is 0 Å². The molecule has 2 aromatic rings. The molecule has 6 heteroatoms. The van der Waals surface area contributed by atoms with Crippen molar-refractivity contribution in [3.05, 3.63) is 39.9 Å². The minimum atomic E-state index is -0.241. The van der Waals surface area contributed by atoms with Gasteiger partial charge in [0.15, 0.2) is 5.16 Å². The van der Waals surface area contributed by atoms with Gasteiger partial charge in [0.05, 0.1) is 5.69 Å². The summed E-state index contributed by atoms with van der Waals surface area (Å²) in [6.07, 6.45) is 4.07. The van der Waals surface area contributed by atoms with E-state index in [2.05, 4.69) is 29.9 Å². The molecule has 2 aromatic heterocycles. The van der Waals surface area contributed by atoms with Crippen molar-refractivity contribution in [2.45, 2.75) is 43.8 Å². The summed E-state index contributed by atoms with van der Waals surface area (Å²) in [5.74, 6) is 1.34. The zero-order valence-corrected chi connectivity index (χ0v) is 14.6. The monoisotopic (exact) mass is 338 g/mol. The van der Waals surface area contributed by atoms with E-state index >= 15 is 0 Å². The van der Waals surface area contributed by atoms with Gasteiger partial charge in [-0.15, -0.1) is 0 Å². The van der Waals surface area contributed by atoms with Crippen LogP contribution in [0.25, 0.3) is 11.3 Å². The first kappa shape index (κ1) is 15.4.